The molecule has 0 radical (unpaired) electrons. The van der Waals surface area contributed by atoms with Gasteiger partial charge in [-0.3, -0.25) is 9.36 Å². The van der Waals surface area contributed by atoms with E-state index in [0.29, 0.717) is 37.5 Å². The van der Waals surface area contributed by atoms with E-state index in [0.717, 1.165) is 17.7 Å². The smallest absolute Gasteiger partial charge is 0.338 e. The number of thiazole rings is 1. The van der Waals surface area contributed by atoms with Crippen LogP contribution in [0.15, 0.2) is 87.8 Å². The van der Waals surface area contributed by atoms with Crippen LogP contribution in [0.25, 0.3) is 6.08 Å². The number of allylic oxidation sites excluding steroid dienone is 1. The van der Waals surface area contributed by atoms with E-state index >= 15 is 0 Å². The summed E-state index contributed by atoms with van der Waals surface area (Å²) in [6.07, 6.45) is 1.71. The summed E-state index contributed by atoms with van der Waals surface area (Å²) < 4.78 is 45.3. The highest BCUT2D eigenvalue weighted by Gasteiger charge is 2.32. The number of ether oxygens (including phenoxy) is 3. The number of benzene rings is 3. The van der Waals surface area contributed by atoms with Crippen LogP contribution in [0.1, 0.15) is 29.7 Å². The molecule has 0 unspecified atom stereocenters. The SMILES string of the molecule is COC(=O)C1=C(C)N=c2s/c(=C\c3ccc(OC)c(COc4ccc(F)cc4F)c3)c(=O)n2[C@@H]1c1ccccc1. The first-order valence-corrected chi connectivity index (χ1v) is 13.0. The third-order valence-electron chi connectivity index (χ3n) is 6.42. The van der Waals surface area contributed by atoms with Crippen LogP contribution in [0.2, 0.25) is 0 Å². The summed E-state index contributed by atoms with van der Waals surface area (Å²) in [5.74, 6) is -1.66. The molecule has 0 spiro atoms. The van der Waals surface area contributed by atoms with Crippen LogP contribution in [0.4, 0.5) is 8.78 Å². The van der Waals surface area contributed by atoms with Crippen molar-refractivity contribution in [2.24, 2.45) is 4.99 Å². The standard InChI is InChI=1S/C30H24F2N2O5S/c1-17-26(29(36)38-3)27(19-7-5-4-6-8-19)34-28(35)25(40-30(34)33-17)14-18-9-11-23(37-2)20(13-18)16-39-24-12-10-21(31)15-22(24)32/h4-15,27H,16H2,1-3H3/b25-14-/t27-/m1/s1. The van der Waals surface area contributed by atoms with E-state index in [1.54, 1.807) is 31.2 Å². The number of rotatable bonds is 7. The van der Waals surface area contributed by atoms with Gasteiger partial charge in [-0.1, -0.05) is 47.7 Å². The summed E-state index contributed by atoms with van der Waals surface area (Å²) in [6, 6.07) is 16.9. The first-order valence-electron chi connectivity index (χ1n) is 12.2. The Kier molecular flexibility index (Phi) is 7.61. The predicted molar refractivity (Wildman–Crippen MR) is 146 cm³/mol. The molecule has 0 bridgehead atoms. The first-order chi connectivity index (χ1) is 19.3. The Hall–Kier alpha value is -4.57. The molecule has 7 nitrogen and oxygen atoms in total. The average molecular weight is 563 g/mol. The van der Waals surface area contributed by atoms with Crippen molar-refractivity contribution in [1.82, 2.24) is 4.57 Å². The maximum atomic E-state index is 14.1. The molecule has 0 amide bonds. The lowest BCUT2D eigenvalue weighted by Gasteiger charge is -2.24. The Morgan fingerprint density at radius 3 is 2.50 bits per heavy atom. The average Bonchev–Trinajstić information content (AvgIpc) is 3.25. The van der Waals surface area contributed by atoms with E-state index in [1.165, 1.54) is 36.2 Å². The first kappa shape index (κ1) is 27.0. The van der Waals surface area contributed by atoms with Gasteiger partial charge in [-0.25, -0.2) is 18.6 Å². The zero-order chi connectivity index (χ0) is 28.4. The van der Waals surface area contributed by atoms with Crippen LogP contribution in [0, 0.1) is 11.6 Å². The summed E-state index contributed by atoms with van der Waals surface area (Å²) in [6.45, 7) is 1.67. The molecule has 0 N–H and O–H groups in total. The van der Waals surface area contributed by atoms with E-state index < -0.39 is 23.6 Å². The monoisotopic (exact) mass is 562 g/mol. The molecule has 40 heavy (non-hydrogen) atoms. The quantitative estimate of drug-likeness (QED) is 0.315. The number of carbonyl (C=O) groups is 1. The van der Waals surface area contributed by atoms with Crippen molar-refractivity contribution >= 4 is 23.4 Å². The zero-order valence-electron chi connectivity index (χ0n) is 21.8. The molecule has 204 valence electrons. The van der Waals surface area contributed by atoms with Gasteiger partial charge < -0.3 is 14.2 Å². The summed E-state index contributed by atoms with van der Waals surface area (Å²) in [4.78, 5) is 31.5. The Morgan fingerprint density at radius 1 is 1.05 bits per heavy atom. The van der Waals surface area contributed by atoms with Crippen molar-refractivity contribution < 1.29 is 27.8 Å². The fourth-order valence-electron chi connectivity index (χ4n) is 4.54. The Labute approximate surface area is 231 Å². The normalized spacial score (nSPS) is 14.9. The minimum absolute atomic E-state index is 0.0512. The van der Waals surface area contributed by atoms with Gasteiger partial charge in [-0.2, -0.15) is 0 Å². The van der Waals surface area contributed by atoms with Crippen molar-refractivity contribution in [3.05, 3.63) is 126 Å². The molecule has 0 fully saturated rings. The molecule has 1 aliphatic rings. The van der Waals surface area contributed by atoms with E-state index in [9.17, 15) is 18.4 Å². The van der Waals surface area contributed by atoms with Crippen molar-refractivity contribution in [2.45, 2.75) is 19.6 Å². The highest BCUT2D eigenvalue weighted by molar-refractivity contribution is 7.07. The number of methoxy groups -OCH3 is 2. The number of hydrogen-bond acceptors (Lipinski definition) is 7. The number of nitrogens with zero attached hydrogens (tertiary/aromatic N) is 2. The Bertz CT molecular complexity index is 1810. The molecule has 1 aromatic heterocycles. The van der Waals surface area contributed by atoms with Gasteiger partial charge >= 0.3 is 5.97 Å². The zero-order valence-corrected chi connectivity index (χ0v) is 22.6. The van der Waals surface area contributed by atoms with Crippen molar-refractivity contribution in [3.8, 4) is 11.5 Å². The Balaban J connectivity index is 1.56. The molecule has 1 atom stereocenters. The molecule has 0 saturated carbocycles. The van der Waals surface area contributed by atoms with Crippen molar-refractivity contribution in [1.29, 1.82) is 0 Å². The minimum atomic E-state index is -0.814. The summed E-state index contributed by atoms with van der Waals surface area (Å²) in [5.41, 5.74) is 2.48. The van der Waals surface area contributed by atoms with E-state index in [1.807, 2.05) is 30.3 Å². The molecular weight excluding hydrogens is 538 g/mol. The van der Waals surface area contributed by atoms with Crippen molar-refractivity contribution in [2.75, 3.05) is 14.2 Å². The van der Waals surface area contributed by atoms with Crippen LogP contribution in [-0.4, -0.2) is 24.8 Å². The fraction of sp³-hybridized carbons (Fsp3) is 0.167. The highest BCUT2D eigenvalue weighted by Crippen LogP contribution is 2.30. The minimum Gasteiger partial charge on any atom is -0.496 e. The van der Waals surface area contributed by atoms with Crippen LogP contribution in [0.3, 0.4) is 0 Å². The molecule has 2 heterocycles. The number of esters is 1. The van der Waals surface area contributed by atoms with Gasteiger partial charge in [0.1, 0.15) is 18.2 Å². The van der Waals surface area contributed by atoms with Crippen molar-refractivity contribution in [3.63, 3.8) is 0 Å². The third kappa shape index (κ3) is 5.17. The molecule has 10 heteroatoms. The summed E-state index contributed by atoms with van der Waals surface area (Å²) in [5, 5.41) is 0. The summed E-state index contributed by atoms with van der Waals surface area (Å²) in [7, 11) is 2.80. The predicted octanol–water partition coefficient (Wildman–Crippen LogP) is 4.27. The molecule has 5 rings (SSSR count). The van der Waals surface area contributed by atoms with Gasteiger partial charge in [0.15, 0.2) is 16.4 Å². The number of halogens is 2. The lowest BCUT2D eigenvalue weighted by molar-refractivity contribution is -0.136. The Morgan fingerprint density at radius 2 is 1.80 bits per heavy atom. The topological polar surface area (TPSA) is 79.1 Å². The lowest BCUT2D eigenvalue weighted by atomic mass is 9.96. The van der Waals surface area contributed by atoms with E-state index in [4.69, 9.17) is 14.2 Å². The molecule has 1 aliphatic heterocycles. The van der Waals surface area contributed by atoms with Crippen LogP contribution >= 0.6 is 11.3 Å². The van der Waals surface area contributed by atoms with Gasteiger partial charge in [-0.05, 0) is 48.4 Å². The fourth-order valence-corrected chi connectivity index (χ4v) is 5.59. The number of hydrogen-bond donors (Lipinski definition) is 0. The van der Waals surface area contributed by atoms with Crippen LogP contribution in [-0.2, 0) is 16.1 Å². The van der Waals surface area contributed by atoms with Crippen LogP contribution < -0.4 is 24.4 Å². The molecular formula is C30H24F2N2O5S. The largest absolute Gasteiger partial charge is 0.496 e. The second-order valence-electron chi connectivity index (χ2n) is 8.92. The van der Waals surface area contributed by atoms with Gasteiger partial charge in [-0.15, -0.1) is 0 Å². The van der Waals surface area contributed by atoms with E-state index in [2.05, 4.69) is 4.99 Å². The summed E-state index contributed by atoms with van der Waals surface area (Å²) >= 11 is 1.20. The van der Waals surface area contributed by atoms with Gasteiger partial charge in [0.25, 0.3) is 5.56 Å². The van der Waals surface area contributed by atoms with E-state index in [-0.39, 0.29) is 17.9 Å². The molecule has 3 aromatic carbocycles. The molecule has 0 saturated heterocycles. The number of carbonyl (C=O) groups excluding carboxylic acids is 1. The van der Waals surface area contributed by atoms with Gasteiger partial charge in [0.05, 0.1) is 36.1 Å². The maximum absolute atomic E-state index is 14.1. The molecule has 0 aliphatic carbocycles. The van der Waals surface area contributed by atoms with Gasteiger partial charge in [0, 0.05) is 11.6 Å². The lowest BCUT2D eigenvalue weighted by Crippen LogP contribution is -2.39. The third-order valence-corrected chi connectivity index (χ3v) is 7.40. The maximum Gasteiger partial charge on any atom is 0.338 e. The molecule has 4 aromatic rings. The number of fused-ring (bicyclic) bond motifs is 1. The second kappa shape index (κ2) is 11.3. The number of aromatic nitrogens is 1. The second-order valence-corrected chi connectivity index (χ2v) is 9.93. The van der Waals surface area contributed by atoms with Crippen LogP contribution in [0.5, 0.6) is 11.5 Å². The highest BCUT2D eigenvalue weighted by atomic mass is 32.1. The van der Waals surface area contributed by atoms with Gasteiger partial charge in [0.2, 0.25) is 0 Å².